The van der Waals surface area contributed by atoms with Crippen LogP contribution in [-0.2, 0) is 24.1 Å². The van der Waals surface area contributed by atoms with Crippen molar-refractivity contribution in [1.29, 1.82) is 0 Å². The molecule has 1 aliphatic heterocycles. The Bertz CT molecular complexity index is 762. The molecule has 3 heterocycles. The lowest BCUT2D eigenvalue weighted by Gasteiger charge is -2.14. The molecule has 138 valence electrons. The van der Waals surface area contributed by atoms with Crippen molar-refractivity contribution < 1.29 is 9.84 Å². The molecule has 4 rings (SSSR count). The SMILES string of the molecule is OCCNc1nc(NCc2cnc3c(c2)CCC3)cc(C2CCOC2)n1. The van der Waals surface area contributed by atoms with Crippen molar-refractivity contribution in [1.82, 2.24) is 15.0 Å². The zero-order chi connectivity index (χ0) is 17.8. The maximum atomic E-state index is 9.05. The maximum Gasteiger partial charge on any atom is 0.224 e. The second-order valence-corrected chi connectivity index (χ2v) is 6.87. The number of hydrogen-bond acceptors (Lipinski definition) is 7. The summed E-state index contributed by atoms with van der Waals surface area (Å²) in [5, 5.41) is 15.5. The number of rotatable bonds is 7. The van der Waals surface area contributed by atoms with Crippen molar-refractivity contribution in [2.75, 3.05) is 37.0 Å². The van der Waals surface area contributed by atoms with Crippen LogP contribution in [0, 0.1) is 0 Å². The number of fused-ring (bicyclic) bond motifs is 1. The smallest absolute Gasteiger partial charge is 0.224 e. The van der Waals surface area contributed by atoms with Crippen LogP contribution in [0.2, 0.25) is 0 Å². The van der Waals surface area contributed by atoms with Gasteiger partial charge in [0.1, 0.15) is 5.82 Å². The highest BCUT2D eigenvalue weighted by molar-refractivity contribution is 5.44. The van der Waals surface area contributed by atoms with E-state index in [4.69, 9.17) is 9.84 Å². The zero-order valence-electron chi connectivity index (χ0n) is 14.9. The Hall–Kier alpha value is -2.25. The van der Waals surface area contributed by atoms with Crippen molar-refractivity contribution in [2.24, 2.45) is 0 Å². The third kappa shape index (κ3) is 3.94. The van der Waals surface area contributed by atoms with Crippen molar-refractivity contribution in [3.63, 3.8) is 0 Å². The number of aliphatic hydroxyl groups excluding tert-OH is 1. The Morgan fingerprint density at radius 2 is 2.15 bits per heavy atom. The van der Waals surface area contributed by atoms with Crippen LogP contribution in [0.5, 0.6) is 0 Å². The van der Waals surface area contributed by atoms with E-state index in [1.165, 1.54) is 23.2 Å². The van der Waals surface area contributed by atoms with Gasteiger partial charge in [-0.2, -0.15) is 4.98 Å². The molecule has 1 unspecified atom stereocenters. The fourth-order valence-corrected chi connectivity index (χ4v) is 3.55. The lowest BCUT2D eigenvalue weighted by atomic mass is 10.0. The topological polar surface area (TPSA) is 92.2 Å². The van der Waals surface area contributed by atoms with Gasteiger partial charge in [-0.3, -0.25) is 4.98 Å². The number of ether oxygens (including phenoxy) is 1. The number of aryl methyl sites for hydroxylation is 2. The van der Waals surface area contributed by atoms with Crippen molar-refractivity contribution in [3.8, 4) is 0 Å². The van der Waals surface area contributed by atoms with Gasteiger partial charge in [-0.1, -0.05) is 6.07 Å². The van der Waals surface area contributed by atoms with E-state index in [1.54, 1.807) is 0 Å². The molecular formula is C19H25N5O2. The number of anilines is 2. The van der Waals surface area contributed by atoms with Crippen LogP contribution in [0.3, 0.4) is 0 Å². The molecule has 0 saturated carbocycles. The first-order valence-electron chi connectivity index (χ1n) is 9.34. The van der Waals surface area contributed by atoms with E-state index >= 15 is 0 Å². The highest BCUT2D eigenvalue weighted by atomic mass is 16.5. The predicted molar refractivity (Wildman–Crippen MR) is 99.4 cm³/mol. The summed E-state index contributed by atoms with van der Waals surface area (Å²) in [6.07, 6.45) is 6.36. The Morgan fingerprint density at radius 3 is 3.00 bits per heavy atom. The first-order valence-corrected chi connectivity index (χ1v) is 9.34. The van der Waals surface area contributed by atoms with Crippen LogP contribution in [-0.4, -0.2) is 46.4 Å². The van der Waals surface area contributed by atoms with Gasteiger partial charge < -0.3 is 20.5 Å². The van der Waals surface area contributed by atoms with Crippen LogP contribution < -0.4 is 10.6 Å². The standard InChI is InChI=1S/C19H25N5O2/c25-6-5-20-19-23-17(15-4-7-26-12-15)9-18(24-19)22-11-13-8-14-2-1-3-16(14)21-10-13/h8-10,15,25H,1-7,11-12H2,(H2,20,22,23,24). The van der Waals surface area contributed by atoms with Gasteiger partial charge >= 0.3 is 0 Å². The zero-order valence-corrected chi connectivity index (χ0v) is 14.9. The Labute approximate surface area is 153 Å². The third-order valence-corrected chi connectivity index (χ3v) is 4.94. The van der Waals surface area contributed by atoms with Gasteiger partial charge in [0.25, 0.3) is 0 Å². The first kappa shape index (κ1) is 17.2. The summed E-state index contributed by atoms with van der Waals surface area (Å²) < 4.78 is 5.49. The van der Waals surface area contributed by atoms with Gasteiger partial charge in [-0.25, -0.2) is 4.98 Å². The summed E-state index contributed by atoms with van der Waals surface area (Å²) in [6, 6.07) is 4.25. The molecule has 7 heteroatoms. The lowest BCUT2D eigenvalue weighted by Crippen LogP contribution is -2.13. The van der Waals surface area contributed by atoms with Crippen molar-refractivity contribution >= 4 is 11.8 Å². The maximum absolute atomic E-state index is 9.05. The monoisotopic (exact) mass is 355 g/mol. The average molecular weight is 355 g/mol. The Morgan fingerprint density at radius 1 is 1.19 bits per heavy atom. The molecule has 1 fully saturated rings. The fraction of sp³-hybridized carbons (Fsp3) is 0.526. The molecule has 0 amide bonds. The molecule has 2 aliphatic rings. The summed E-state index contributed by atoms with van der Waals surface area (Å²) in [4.78, 5) is 13.7. The molecule has 1 aliphatic carbocycles. The van der Waals surface area contributed by atoms with Gasteiger partial charge in [-0.05, 0) is 36.8 Å². The van der Waals surface area contributed by atoms with Gasteiger partial charge in [-0.15, -0.1) is 0 Å². The molecule has 3 N–H and O–H groups in total. The highest BCUT2D eigenvalue weighted by Crippen LogP contribution is 2.26. The van der Waals surface area contributed by atoms with Crippen LogP contribution in [0.15, 0.2) is 18.3 Å². The van der Waals surface area contributed by atoms with E-state index in [-0.39, 0.29) is 6.61 Å². The van der Waals surface area contributed by atoms with E-state index in [0.29, 0.717) is 31.6 Å². The molecule has 26 heavy (non-hydrogen) atoms. The largest absolute Gasteiger partial charge is 0.395 e. The molecule has 0 spiro atoms. The van der Waals surface area contributed by atoms with Crippen LogP contribution in [0.4, 0.5) is 11.8 Å². The molecule has 1 atom stereocenters. The molecule has 0 aromatic carbocycles. The Balaban J connectivity index is 1.49. The first-order chi connectivity index (χ1) is 12.8. The summed E-state index contributed by atoms with van der Waals surface area (Å²) in [6.45, 7) is 2.63. The van der Waals surface area contributed by atoms with E-state index < -0.39 is 0 Å². The van der Waals surface area contributed by atoms with Crippen LogP contribution in [0.25, 0.3) is 0 Å². The number of nitrogens with zero attached hydrogens (tertiary/aromatic N) is 3. The number of aromatic nitrogens is 3. The van der Waals surface area contributed by atoms with Crippen LogP contribution >= 0.6 is 0 Å². The highest BCUT2D eigenvalue weighted by Gasteiger charge is 2.21. The number of aliphatic hydroxyl groups is 1. The summed E-state index contributed by atoms with van der Waals surface area (Å²) in [5.74, 6) is 1.62. The molecule has 7 nitrogen and oxygen atoms in total. The van der Waals surface area contributed by atoms with Crippen molar-refractivity contribution in [3.05, 3.63) is 40.8 Å². The Kier molecular flexibility index (Phi) is 5.26. The molecule has 1 saturated heterocycles. The van der Waals surface area contributed by atoms with E-state index in [2.05, 4.69) is 31.7 Å². The second-order valence-electron chi connectivity index (χ2n) is 6.87. The third-order valence-electron chi connectivity index (χ3n) is 4.94. The molecule has 0 bridgehead atoms. The van der Waals surface area contributed by atoms with Crippen molar-refractivity contribution in [2.45, 2.75) is 38.1 Å². The van der Waals surface area contributed by atoms with Gasteiger partial charge in [0.15, 0.2) is 0 Å². The van der Waals surface area contributed by atoms with Gasteiger partial charge in [0.2, 0.25) is 5.95 Å². The van der Waals surface area contributed by atoms with E-state index in [1.807, 2.05) is 12.3 Å². The predicted octanol–water partition coefficient (Wildman–Crippen LogP) is 1.88. The summed E-state index contributed by atoms with van der Waals surface area (Å²) in [7, 11) is 0. The lowest BCUT2D eigenvalue weighted by molar-refractivity contribution is 0.193. The summed E-state index contributed by atoms with van der Waals surface area (Å²) in [5.41, 5.74) is 4.77. The minimum Gasteiger partial charge on any atom is -0.395 e. The quantitative estimate of drug-likeness (QED) is 0.698. The molecular weight excluding hydrogens is 330 g/mol. The molecule has 0 radical (unpaired) electrons. The average Bonchev–Trinajstić information content (AvgIpc) is 3.35. The summed E-state index contributed by atoms with van der Waals surface area (Å²) >= 11 is 0. The van der Waals surface area contributed by atoms with E-state index in [9.17, 15) is 0 Å². The number of nitrogens with one attached hydrogen (secondary N) is 2. The van der Waals surface area contributed by atoms with Gasteiger partial charge in [0.05, 0.1) is 18.9 Å². The van der Waals surface area contributed by atoms with E-state index in [0.717, 1.165) is 37.4 Å². The second kappa shape index (κ2) is 7.97. The number of hydrogen-bond donors (Lipinski definition) is 3. The normalized spacial score (nSPS) is 18.7. The van der Waals surface area contributed by atoms with Gasteiger partial charge in [0, 0.05) is 43.6 Å². The molecule has 2 aromatic rings. The molecule has 2 aromatic heterocycles. The fourth-order valence-electron chi connectivity index (χ4n) is 3.55. The minimum atomic E-state index is 0.0453. The van der Waals surface area contributed by atoms with Crippen LogP contribution in [0.1, 0.15) is 41.3 Å². The number of pyridine rings is 1. The minimum absolute atomic E-state index is 0.0453.